The van der Waals surface area contributed by atoms with Crippen LogP contribution in [0, 0.1) is 17.0 Å². The molecule has 8 nitrogen and oxygen atoms in total. The molecule has 2 rings (SSSR count). The molecule has 0 unspecified atom stereocenters. The van der Waals surface area contributed by atoms with Crippen LogP contribution in [0.2, 0.25) is 5.28 Å². The number of nitro groups is 1. The monoisotopic (exact) mass is 306 g/mol. The third-order valence-electron chi connectivity index (χ3n) is 2.84. The van der Waals surface area contributed by atoms with Gasteiger partial charge >= 0.3 is 5.69 Å². The first-order valence-electron chi connectivity index (χ1n) is 5.44. The molecule has 2 heterocycles. The van der Waals surface area contributed by atoms with E-state index in [0.717, 1.165) is 0 Å². The summed E-state index contributed by atoms with van der Waals surface area (Å²) in [6, 6.07) is 0. The summed E-state index contributed by atoms with van der Waals surface area (Å²) in [6.07, 6.45) is 0. The SMILES string of the molecule is Cc1nc(Cl)nc(N2CCS(=O)(=O)CC2)c1[N+](=O)[O-]. The number of anilines is 1. The number of sulfone groups is 1. The van der Waals surface area contributed by atoms with Gasteiger partial charge in [0.1, 0.15) is 5.69 Å². The van der Waals surface area contributed by atoms with E-state index in [0.29, 0.717) is 0 Å². The summed E-state index contributed by atoms with van der Waals surface area (Å²) in [5, 5.41) is 11.0. The van der Waals surface area contributed by atoms with Gasteiger partial charge in [-0.3, -0.25) is 10.1 Å². The smallest absolute Gasteiger partial charge is 0.332 e. The molecule has 1 fully saturated rings. The quantitative estimate of drug-likeness (QED) is 0.447. The Hall–Kier alpha value is -1.48. The second kappa shape index (κ2) is 4.89. The molecule has 0 spiro atoms. The molecular formula is C9H11ClN4O4S. The molecule has 1 aliphatic rings. The van der Waals surface area contributed by atoms with Gasteiger partial charge in [-0.15, -0.1) is 0 Å². The highest BCUT2D eigenvalue weighted by Crippen LogP contribution is 2.30. The fraction of sp³-hybridized carbons (Fsp3) is 0.556. The predicted octanol–water partition coefficient (Wildman–Crippen LogP) is 0.581. The largest absolute Gasteiger partial charge is 0.349 e. The number of rotatable bonds is 2. The van der Waals surface area contributed by atoms with Crippen molar-refractivity contribution in [2.24, 2.45) is 0 Å². The van der Waals surface area contributed by atoms with E-state index in [4.69, 9.17) is 11.6 Å². The first-order chi connectivity index (χ1) is 8.80. The van der Waals surface area contributed by atoms with Gasteiger partial charge in [0, 0.05) is 13.1 Å². The lowest BCUT2D eigenvalue weighted by molar-refractivity contribution is -0.385. The van der Waals surface area contributed by atoms with E-state index < -0.39 is 14.8 Å². The van der Waals surface area contributed by atoms with Crippen molar-refractivity contribution in [2.75, 3.05) is 29.5 Å². The number of hydrogen-bond donors (Lipinski definition) is 0. The molecule has 0 radical (unpaired) electrons. The predicted molar refractivity (Wildman–Crippen MR) is 69.3 cm³/mol. The van der Waals surface area contributed by atoms with Crippen molar-refractivity contribution >= 4 is 32.9 Å². The van der Waals surface area contributed by atoms with Crippen molar-refractivity contribution in [1.29, 1.82) is 0 Å². The van der Waals surface area contributed by atoms with Crippen LogP contribution in [0.15, 0.2) is 0 Å². The summed E-state index contributed by atoms with van der Waals surface area (Å²) < 4.78 is 22.7. The van der Waals surface area contributed by atoms with E-state index in [1.165, 1.54) is 6.92 Å². The maximum atomic E-state index is 11.4. The van der Waals surface area contributed by atoms with Crippen LogP contribution in [0.25, 0.3) is 0 Å². The Bertz CT molecular complexity index is 619. The van der Waals surface area contributed by atoms with E-state index in [1.807, 2.05) is 0 Å². The molecule has 19 heavy (non-hydrogen) atoms. The average molecular weight is 307 g/mol. The molecule has 104 valence electrons. The van der Waals surface area contributed by atoms with Crippen molar-refractivity contribution in [3.63, 3.8) is 0 Å². The van der Waals surface area contributed by atoms with Crippen LogP contribution >= 0.6 is 11.6 Å². The van der Waals surface area contributed by atoms with E-state index >= 15 is 0 Å². The molecule has 1 saturated heterocycles. The van der Waals surface area contributed by atoms with Gasteiger partial charge in [0.2, 0.25) is 11.1 Å². The Labute approximate surface area is 114 Å². The van der Waals surface area contributed by atoms with Gasteiger partial charge in [-0.1, -0.05) is 0 Å². The second-order valence-corrected chi connectivity index (χ2v) is 6.79. The lowest BCUT2D eigenvalue weighted by atomic mass is 10.3. The van der Waals surface area contributed by atoms with Crippen LogP contribution < -0.4 is 4.90 Å². The average Bonchev–Trinajstić information content (AvgIpc) is 2.26. The third kappa shape index (κ3) is 2.92. The van der Waals surface area contributed by atoms with Crippen LogP contribution in [0.1, 0.15) is 5.69 Å². The number of halogens is 1. The molecule has 1 aromatic heterocycles. The molecule has 0 bridgehead atoms. The lowest BCUT2D eigenvalue weighted by Crippen LogP contribution is -2.41. The van der Waals surface area contributed by atoms with Crippen molar-refractivity contribution in [3.8, 4) is 0 Å². The Kier molecular flexibility index (Phi) is 3.59. The van der Waals surface area contributed by atoms with Crippen LogP contribution in [0.5, 0.6) is 0 Å². The molecule has 0 saturated carbocycles. The Morgan fingerprint density at radius 2 is 1.89 bits per heavy atom. The standard InChI is InChI=1S/C9H11ClN4O4S/c1-6-7(14(15)16)8(12-9(10)11-6)13-2-4-19(17,18)5-3-13/h2-5H2,1H3. The molecule has 0 N–H and O–H groups in total. The lowest BCUT2D eigenvalue weighted by Gasteiger charge is -2.27. The molecule has 10 heteroatoms. The minimum Gasteiger partial charge on any atom is -0.349 e. The maximum Gasteiger partial charge on any atom is 0.332 e. The van der Waals surface area contributed by atoms with E-state index in [2.05, 4.69) is 9.97 Å². The maximum absolute atomic E-state index is 11.4. The van der Waals surface area contributed by atoms with Crippen LogP contribution in [0.3, 0.4) is 0 Å². The fourth-order valence-corrected chi connectivity index (χ4v) is 3.29. The first kappa shape index (κ1) is 13.9. The Morgan fingerprint density at radius 1 is 1.32 bits per heavy atom. The van der Waals surface area contributed by atoms with Crippen molar-refractivity contribution in [3.05, 3.63) is 21.1 Å². The van der Waals surface area contributed by atoms with Crippen molar-refractivity contribution in [1.82, 2.24) is 9.97 Å². The summed E-state index contributed by atoms with van der Waals surface area (Å²) >= 11 is 5.71. The van der Waals surface area contributed by atoms with Crippen molar-refractivity contribution in [2.45, 2.75) is 6.92 Å². The zero-order chi connectivity index (χ0) is 14.2. The van der Waals surface area contributed by atoms with E-state index in [1.54, 1.807) is 4.90 Å². The Balaban J connectivity index is 2.42. The minimum atomic E-state index is -3.06. The van der Waals surface area contributed by atoms with Crippen LogP contribution in [-0.4, -0.2) is 47.9 Å². The van der Waals surface area contributed by atoms with Gasteiger partial charge in [-0.05, 0) is 18.5 Å². The summed E-state index contributed by atoms with van der Waals surface area (Å²) in [5.41, 5.74) is -0.0721. The fourth-order valence-electron chi connectivity index (χ4n) is 1.88. The highest BCUT2D eigenvalue weighted by molar-refractivity contribution is 7.91. The molecule has 1 aliphatic heterocycles. The van der Waals surface area contributed by atoms with Crippen molar-refractivity contribution < 1.29 is 13.3 Å². The third-order valence-corrected chi connectivity index (χ3v) is 4.62. The zero-order valence-electron chi connectivity index (χ0n) is 10.0. The van der Waals surface area contributed by atoms with E-state index in [-0.39, 0.29) is 47.1 Å². The summed E-state index contributed by atoms with van der Waals surface area (Å²) in [7, 11) is -3.06. The van der Waals surface area contributed by atoms with Gasteiger partial charge in [0.15, 0.2) is 9.84 Å². The minimum absolute atomic E-state index is 0.0508. The second-order valence-electron chi connectivity index (χ2n) is 4.15. The summed E-state index contributed by atoms with van der Waals surface area (Å²) in [5.74, 6) is -0.0206. The molecule has 0 aliphatic carbocycles. The van der Waals surface area contributed by atoms with Gasteiger partial charge < -0.3 is 4.90 Å². The first-order valence-corrected chi connectivity index (χ1v) is 7.64. The topological polar surface area (TPSA) is 106 Å². The highest BCUT2D eigenvalue weighted by atomic mass is 35.5. The molecule has 0 atom stereocenters. The number of hydrogen-bond acceptors (Lipinski definition) is 7. The van der Waals surface area contributed by atoms with Gasteiger partial charge in [0.25, 0.3) is 0 Å². The Morgan fingerprint density at radius 3 is 2.42 bits per heavy atom. The zero-order valence-corrected chi connectivity index (χ0v) is 11.6. The number of aromatic nitrogens is 2. The van der Waals surface area contributed by atoms with Crippen LogP contribution in [0.4, 0.5) is 11.5 Å². The molecular weight excluding hydrogens is 296 g/mol. The molecule has 0 amide bonds. The number of nitrogens with zero attached hydrogens (tertiary/aromatic N) is 4. The number of aryl methyl sites for hydroxylation is 1. The van der Waals surface area contributed by atoms with E-state index in [9.17, 15) is 18.5 Å². The van der Waals surface area contributed by atoms with Crippen LogP contribution in [-0.2, 0) is 9.84 Å². The van der Waals surface area contributed by atoms with Gasteiger partial charge in [0.05, 0.1) is 16.4 Å². The molecule has 1 aromatic rings. The highest BCUT2D eigenvalue weighted by Gasteiger charge is 2.30. The normalized spacial score (nSPS) is 18.3. The summed E-state index contributed by atoms with van der Waals surface area (Å²) in [4.78, 5) is 19.7. The molecule has 0 aromatic carbocycles. The van der Waals surface area contributed by atoms with Gasteiger partial charge in [-0.25, -0.2) is 13.4 Å². The van der Waals surface area contributed by atoms with Gasteiger partial charge in [-0.2, -0.15) is 4.98 Å². The summed E-state index contributed by atoms with van der Waals surface area (Å²) in [6.45, 7) is 1.79.